The number of para-hydroxylation sites is 1. The molecule has 0 bridgehead atoms. The molecule has 1 aliphatic heterocycles. The number of anilines is 1. The van der Waals surface area contributed by atoms with Gasteiger partial charge in [-0.2, -0.15) is 0 Å². The number of rotatable bonds is 5. The van der Waals surface area contributed by atoms with E-state index in [2.05, 4.69) is 9.88 Å². The molecule has 1 aromatic carbocycles. The van der Waals surface area contributed by atoms with Gasteiger partial charge in [-0.05, 0) is 24.3 Å². The van der Waals surface area contributed by atoms with Gasteiger partial charge in [0.25, 0.3) is 0 Å². The zero-order chi connectivity index (χ0) is 16.3. The van der Waals surface area contributed by atoms with E-state index >= 15 is 0 Å². The highest BCUT2D eigenvalue weighted by atomic mass is 32.2. The summed E-state index contributed by atoms with van der Waals surface area (Å²) in [6.45, 7) is 3.12. The molecule has 0 spiro atoms. The summed E-state index contributed by atoms with van der Waals surface area (Å²) in [4.78, 5) is 6.54. The van der Waals surface area contributed by atoms with E-state index in [1.54, 1.807) is 31.5 Å². The molecule has 5 nitrogen and oxygen atoms in total. The van der Waals surface area contributed by atoms with Gasteiger partial charge in [0.1, 0.15) is 11.9 Å². The summed E-state index contributed by atoms with van der Waals surface area (Å²) in [6.07, 6.45) is 4.30. The fourth-order valence-corrected chi connectivity index (χ4v) is 3.90. The third-order valence-electron chi connectivity index (χ3n) is 4.00. The van der Waals surface area contributed by atoms with Crippen molar-refractivity contribution in [3.8, 4) is 5.75 Å². The van der Waals surface area contributed by atoms with Gasteiger partial charge in [-0.3, -0.25) is 4.98 Å². The third-order valence-corrected chi connectivity index (χ3v) is 5.78. The lowest BCUT2D eigenvalue weighted by Gasteiger charge is -2.21. The zero-order valence-electron chi connectivity index (χ0n) is 13.1. The van der Waals surface area contributed by atoms with Crippen LogP contribution in [0.5, 0.6) is 5.75 Å². The van der Waals surface area contributed by atoms with E-state index in [1.165, 1.54) is 0 Å². The smallest absolute Gasteiger partial charge is 0.180 e. The predicted octanol–water partition coefficient (Wildman–Crippen LogP) is 2.53. The van der Waals surface area contributed by atoms with Gasteiger partial charge >= 0.3 is 0 Å². The first-order valence-corrected chi connectivity index (χ1v) is 9.39. The standard InChI is InChI=1S/C17H20N2O3S/c1-2-23(20,21)17-8-4-3-7-16(17)19-11-9-15(13-19)22-14-6-5-10-18-12-14/h3-8,10,12,15H,2,9,11,13H2,1H3/t15-/m0/s1. The molecule has 1 aliphatic rings. The number of sulfone groups is 1. The Hall–Kier alpha value is -2.08. The Kier molecular flexibility index (Phi) is 4.52. The molecule has 1 fully saturated rings. The number of benzene rings is 1. The number of ether oxygens (including phenoxy) is 1. The molecule has 122 valence electrons. The van der Waals surface area contributed by atoms with Crippen LogP contribution in [0.3, 0.4) is 0 Å². The van der Waals surface area contributed by atoms with Crippen LogP contribution in [-0.2, 0) is 9.84 Å². The maximum atomic E-state index is 12.3. The van der Waals surface area contributed by atoms with E-state index in [0.717, 1.165) is 24.4 Å². The van der Waals surface area contributed by atoms with Gasteiger partial charge in [-0.15, -0.1) is 0 Å². The molecule has 2 aromatic rings. The Morgan fingerprint density at radius 2 is 2.09 bits per heavy atom. The summed E-state index contributed by atoms with van der Waals surface area (Å²) >= 11 is 0. The van der Waals surface area contributed by atoms with Gasteiger partial charge in [0.15, 0.2) is 9.84 Å². The molecule has 0 unspecified atom stereocenters. The van der Waals surface area contributed by atoms with Crippen molar-refractivity contribution in [3.05, 3.63) is 48.8 Å². The van der Waals surface area contributed by atoms with Crippen LogP contribution in [0.25, 0.3) is 0 Å². The van der Waals surface area contributed by atoms with Gasteiger partial charge in [-0.1, -0.05) is 19.1 Å². The van der Waals surface area contributed by atoms with Crippen LogP contribution in [0.15, 0.2) is 53.7 Å². The van der Waals surface area contributed by atoms with Crippen LogP contribution in [0.2, 0.25) is 0 Å². The maximum absolute atomic E-state index is 12.3. The number of hydrogen-bond donors (Lipinski definition) is 0. The normalized spacial score (nSPS) is 18.1. The van der Waals surface area contributed by atoms with Crippen molar-refractivity contribution in [1.82, 2.24) is 4.98 Å². The molecule has 1 saturated heterocycles. The summed E-state index contributed by atoms with van der Waals surface area (Å²) in [7, 11) is -3.24. The monoisotopic (exact) mass is 332 g/mol. The fourth-order valence-electron chi connectivity index (χ4n) is 2.79. The van der Waals surface area contributed by atoms with Crippen LogP contribution in [0, 0.1) is 0 Å². The van der Waals surface area contributed by atoms with Crippen LogP contribution in [0.1, 0.15) is 13.3 Å². The summed E-state index contributed by atoms with van der Waals surface area (Å²) < 4.78 is 30.5. The van der Waals surface area contributed by atoms with E-state index in [-0.39, 0.29) is 11.9 Å². The van der Waals surface area contributed by atoms with Crippen molar-refractivity contribution in [1.29, 1.82) is 0 Å². The Morgan fingerprint density at radius 3 is 2.83 bits per heavy atom. The van der Waals surface area contributed by atoms with Gasteiger partial charge in [0.2, 0.25) is 0 Å². The van der Waals surface area contributed by atoms with Crippen LogP contribution in [-0.4, -0.2) is 38.3 Å². The average Bonchev–Trinajstić information content (AvgIpc) is 3.04. The van der Waals surface area contributed by atoms with E-state index in [1.807, 2.05) is 24.3 Å². The van der Waals surface area contributed by atoms with Crippen LogP contribution in [0.4, 0.5) is 5.69 Å². The second kappa shape index (κ2) is 6.58. The molecule has 2 heterocycles. The second-order valence-electron chi connectivity index (χ2n) is 5.53. The molecular weight excluding hydrogens is 312 g/mol. The van der Waals surface area contributed by atoms with Crippen molar-refractivity contribution >= 4 is 15.5 Å². The first kappa shape index (κ1) is 15.8. The lowest BCUT2D eigenvalue weighted by atomic mass is 10.3. The highest BCUT2D eigenvalue weighted by Crippen LogP contribution is 2.29. The fraction of sp³-hybridized carbons (Fsp3) is 0.353. The summed E-state index contributed by atoms with van der Waals surface area (Å²) in [5.74, 6) is 0.849. The van der Waals surface area contributed by atoms with Crippen molar-refractivity contribution in [3.63, 3.8) is 0 Å². The molecule has 0 radical (unpaired) electrons. The molecule has 3 rings (SSSR count). The minimum Gasteiger partial charge on any atom is -0.487 e. The number of aromatic nitrogens is 1. The molecular formula is C17H20N2O3S. The number of nitrogens with zero attached hydrogens (tertiary/aromatic N) is 2. The van der Waals surface area contributed by atoms with E-state index < -0.39 is 9.84 Å². The Labute approximate surface area is 136 Å². The van der Waals surface area contributed by atoms with Crippen molar-refractivity contribution in [2.75, 3.05) is 23.7 Å². The Bertz CT molecular complexity index is 762. The lowest BCUT2D eigenvalue weighted by Crippen LogP contribution is -2.26. The highest BCUT2D eigenvalue weighted by Gasteiger charge is 2.28. The first-order chi connectivity index (χ1) is 11.1. The SMILES string of the molecule is CCS(=O)(=O)c1ccccc1N1CC[C@H](Oc2cccnc2)C1. The van der Waals surface area contributed by atoms with Gasteiger partial charge < -0.3 is 9.64 Å². The van der Waals surface area contributed by atoms with E-state index in [0.29, 0.717) is 11.4 Å². The van der Waals surface area contributed by atoms with Crippen LogP contribution < -0.4 is 9.64 Å². The topological polar surface area (TPSA) is 59.5 Å². The van der Waals surface area contributed by atoms with Crippen LogP contribution >= 0.6 is 0 Å². The molecule has 0 N–H and O–H groups in total. The lowest BCUT2D eigenvalue weighted by molar-refractivity contribution is 0.224. The minimum absolute atomic E-state index is 0.0385. The predicted molar refractivity (Wildman–Crippen MR) is 89.7 cm³/mol. The molecule has 0 amide bonds. The molecule has 0 saturated carbocycles. The van der Waals surface area contributed by atoms with E-state index in [9.17, 15) is 8.42 Å². The van der Waals surface area contributed by atoms with Crippen molar-refractivity contribution < 1.29 is 13.2 Å². The Balaban J connectivity index is 1.77. The van der Waals surface area contributed by atoms with Gasteiger partial charge in [0.05, 0.1) is 29.1 Å². The van der Waals surface area contributed by atoms with Crippen molar-refractivity contribution in [2.45, 2.75) is 24.3 Å². The van der Waals surface area contributed by atoms with Gasteiger partial charge in [0, 0.05) is 19.2 Å². The average molecular weight is 332 g/mol. The molecule has 6 heteroatoms. The third kappa shape index (κ3) is 3.47. The first-order valence-electron chi connectivity index (χ1n) is 7.73. The Morgan fingerprint density at radius 1 is 1.26 bits per heavy atom. The largest absolute Gasteiger partial charge is 0.487 e. The minimum atomic E-state index is -3.24. The second-order valence-corrected chi connectivity index (χ2v) is 7.78. The molecule has 1 aromatic heterocycles. The number of pyridine rings is 1. The van der Waals surface area contributed by atoms with Crippen molar-refractivity contribution in [2.24, 2.45) is 0 Å². The summed E-state index contributed by atoms with van der Waals surface area (Å²) in [5.41, 5.74) is 0.770. The van der Waals surface area contributed by atoms with E-state index in [4.69, 9.17) is 4.74 Å². The molecule has 0 aliphatic carbocycles. The quantitative estimate of drug-likeness (QED) is 0.842. The number of hydrogen-bond acceptors (Lipinski definition) is 5. The molecule has 1 atom stereocenters. The summed E-state index contributed by atoms with van der Waals surface area (Å²) in [5, 5.41) is 0. The maximum Gasteiger partial charge on any atom is 0.180 e. The van der Waals surface area contributed by atoms with Gasteiger partial charge in [-0.25, -0.2) is 8.42 Å². The summed E-state index contributed by atoms with van der Waals surface area (Å²) in [6, 6.07) is 10.9. The zero-order valence-corrected chi connectivity index (χ0v) is 13.9. The molecule has 23 heavy (non-hydrogen) atoms. The highest BCUT2D eigenvalue weighted by molar-refractivity contribution is 7.91.